The summed E-state index contributed by atoms with van der Waals surface area (Å²) in [6.45, 7) is 7.30. The topological polar surface area (TPSA) is 52.6 Å². The third kappa shape index (κ3) is 6.74. The third-order valence-corrected chi connectivity index (χ3v) is 11.0. The third-order valence-electron chi connectivity index (χ3n) is 6.87. The van der Waals surface area contributed by atoms with Crippen LogP contribution in [0, 0.1) is 0 Å². The summed E-state index contributed by atoms with van der Waals surface area (Å²) in [6, 6.07) is 16.9. The monoisotopic (exact) mass is 518 g/mol. The first-order valence-electron chi connectivity index (χ1n) is 13.5. The van der Waals surface area contributed by atoms with Crippen molar-refractivity contribution in [2.45, 2.75) is 83.3 Å². The smallest absolute Gasteiger partial charge is 0.309 e. The van der Waals surface area contributed by atoms with E-state index in [9.17, 15) is 8.77 Å². The Morgan fingerprint density at radius 1 is 0.743 bits per heavy atom. The molecule has 0 aliphatic heterocycles. The van der Waals surface area contributed by atoms with Crippen LogP contribution >= 0.6 is 7.60 Å². The van der Waals surface area contributed by atoms with E-state index in [1.165, 1.54) is 22.3 Å². The molecule has 0 fully saturated rings. The highest BCUT2D eigenvalue weighted by Crippen LogP contribution is 2.54. The molecule has 1 aliphatic rings. The molecule has 0 aromatic heterocycles. The zero-order valence-corrected chi connectivity index (χ0v) is 23.5. The van der Waals surface area contributed by atoms with E-state index in [-0.39, 0.29) is 0 Å². The normalized spacial score (nSPS) is 15.1. The van der Waals surface area contributed by atoms with E-state index < -0.39 is 23.1 Å². The van der Waals surface area contributed by atoms with Gasteiger partial charge in [0.2, 0.25) is 0 Å². The Labute approximate surface area is 215 Å². The molecule has 4 nitrogen and oxygen atoms in total. The van der Waals surface area contributed by atoms with E-state index in [2.05, 4.69) is 69.3 Å². The van der Waals surface area contributed by atoms with Gasteiger partial charge in [-0.3, -0.25) is 8.77 Å². The standard InChI is InChI=1S/C29H43O4PS/c1-4-7-21-32-34(30,33-22-8-5-2)23-15-14-20-29(35(31)24-9-6-3)27-18-12-10-16-25(27)26-17-11-13-19-28(26)29/h10-13,16-19H,4-9,14-15,20-24H2,1-3H3. The van der Waals surface area contributed by atoms with Crippen LogP contribution in [0.2, 0.25) is 0 Å². The first-order valence-corrected chi connectivity index (χ1v) is 16.5. The average Bonchev–Trinajstić information content (AvgIpc) is 3.16. The summed E-state index contributed by atoms with van der Waals surface area (Å²) in [7, 11) is -4.16. The minimum absolute atomic E-state index is 0.418. The molecule has 2 aromatic carbocycles. The summed E-state index contributed by atoms with van der Waals surface area (Å²) < 4.78 is 38.5. The van der Waals surface area contributed by atoms with Crippen molar-refractivity contribution >= 4 is 18.4 Å². The summed E-state index contributed by atoms with van der Waals surface area (Å²) in [5.74, 6) is 0.692. The minimum atomic E-state index is -3.11. The summed E-state index contributed by atoms with van der Waals surface area (Å²) in [5, 5.41) is 0. The lowest BCUT2D eigenvalue weighted by atomic mass is 9.90. The van der Waals surface area contributed by atoms with Gasteiger partial charge in [0.25, 0.3) is 0 Å². The largest absolute Gasteiger partial charge is 0.330 e. The second-order valence-corrected chi connectivity index (χ2v) is 13.5. The first-order chi connectivity index (χ1) is 17.0. The number of benzene rings is 2. The van der Waals surface area contributed by atoms with Gasteiger partial charge >= 0.3 is 7.60 Å². The zero-order chi connectivity index (χ0) is 25.2. The maximum absolute atomic E-state index is 14.0. The molecule has 0 saturated carbocycles. The maximum Gasteiger partial charge on any atom is 0.330 e. The van der Waals surface area contributed by atoms with Crippen molar-refractivity contribution in [1.29, 1.82) is 0 Å². The second-order valence-electron chi connectivity index (χ2n) is 9.49. The Morgan fingerprint density at radius 3 is 1.77 bits per heavy atom. The van der Waals surface area contributed by atoms with Crippen LogP contribution in [0.3, 0.4) is 0 Å². The molecular weight excluding hydrogens is 475 g/mol. The quantitative estimate of drug-likeness (QED) is 0.156. The van der Waals surface area contributed by atoms with Crippen LogP contribution in [-0.4, -0.2) is 29.3 Å². The number of rotatable bonds is 17. The van der Waals surface area contributed by atoms with Crippen LogP contribution in [0.5, 0.6) is 0 Å². The minimum Gasteiger partial charge on any atom is -0.309 e. The second kappa shape index (κ2) is 13.9. The molecule has 0 radical (unpaired) electrons. The van der Waals surface area contributed by atoms with E-state index >= 15 is 0 Å². The highest BCUT2D eigenvalue weighted by atomic mass is 32.2. The van der Waals surface area contributed by atoms with E-state index in [4.69, 9.17) is 9.05 Å². The molecule has 35 heavy (non-hydrogen) atoms. The van der Waals surface area contributed by atoms with Gasteiger partial charge in [0.15, 0.2) is 0 Å². The van der Waals surface area contributed by atoms with Crippen LogP contribution in [0.1, 0.15) is 89.7 Å². The van der Waals surface area contributed by atoms with Gasteiger partial charge in [0, 0.05) is 16.6 Å². The van der Waals surface area contributed by atoms with Crippen molar-refractivity contribution < 1.29 is 17.8 Å². The fourth-order valence-corrected chi connectivity index (χ4v) is 8.78. The molecule has 0 bridgehead atoms. The first kappa shape index (κ1) is 28.3. The van der Waals surface area contributed by atoms with E-state index in [1.54, 1.807) is 0 Å². The van der Waals surface area contributed by atoms with Gasteiger partial charge in [-0.25, -0.2) is 0 Å². The van der Waals surface area contributed by atoms with Gasteiger partial charge in [-0.05, 0) is 54.4 Å². The Bertz CT molecular complexity index is 946. The van der Waals surface area contributed by atoms with Crippen molar-refractivity contribution in [2.24, 2.45) is 0 Å². The Balaban J connectivity index is 1.80. The van der Waals surface area contributed by atoms with Gasteiger partial charge in [-0.15, -0.1) is 0 Å². The summed E-state index contributed by atoms with van der Waals surface area (Å²) in [6.07, 6.45) is 8.47. The van der Waals surface area contributed by atoms with E-state index in [0.717, 1.165) is 57.8 Å². The molecule has 194 valence electrons. The predicted molar refractivity (Wildman–Crippen MR) is 149 cm³/mol. The maximum atomic E-state index is 14.0. The molecular formula is C29H43O4PS. The van der Waals surface area contributed by atoms with Crippen molar-refractivity contribution in [3.05, 3.63) is 59.7 Å². The van der Waals surface area contributed by atoms with Gasteiger partial charge in [-0.1, -0.05) is 95.0 Å². The molecule has 1 unspecified atom stereocenters. The molecule has 1 atom stereocenters. The van der Waals surface area contributed by atoms with Crippen molar-refractivity contribution in [2.75, 3.05) is 25.1 Å². The number of fused-ring (bicyclic) bond motifs is 3. The lowest BCUT2D eigenvalue weighted by Gasteiger charge is -2.32. The van der Waals surface area contributed by atoms with Crippen molar-refractivity contribution in [1.82, 2.24) is 0 Å². The molecule has 0 spiro atoms. The SMILES string of the molecule is CCCCOP(=O)(CCCCC1(S(=O)CCCC)c2ccccc2-c2ccccc21)OCCCC. The van der Waals surface area contributed by atoms with Crippen LogP contribution in [0.15, 0.2) is 48.5 Å². The Hall–Kier alpha value is -1.26. The lowest BCUT2D eigenvalue weighted by Crippen LogP contribution is -2.32. The zero-order valence-electron chi connectivity index (χ0n) is 21.8. The predicted octanol–water partition coefficient (Wildman–Crippen LogP) is 8.46. The molecule has 2 aromatic rings. The molecule has 0 heterocycles. The van der Waals surface area contributed by atoms with Crippen LogP contribution in [0.25, 0.3) is 11.1 Å². The fourth-order valence-electron chi connectivity index (χ4n) is 4.91. The highest BCUT2D eigenvalue weighted by Gasteiger charge is 2.47. The summed E-state index contributed by atoms with van der Waals surface area (Å²) >= 11 is 0. The highest BCUT2D eigenvalue weighted by molar-refractivity contribution is 7.86. The average molecular weight is 519 g/mol. The molecule has 0 amide bonds. The van der Waals surface area contributed by atoms with E-state index in [1.807, 2.05) is 0 Å². The van der Waals surface area contributed by atoms with Crippen molar-refractivity contribution in [3.63, 3.8) is 0 Å². The molecule has 6 heteroatoms. The van der Waals surface area contributed by atoms with Gasteiger partial charge < -0.3 is 9.05 Å². The van der Waals surface area contributed by atoms with E-state index in [0.29, 0.717) is 25.1 Å². The van der Waals surface area contributed by atoms with Gasteiger partial charge in [0.1, 0.15) is 0 Å². The number of hydrogen-bond acceptors (Lipinski definition) is 4. The van der Waals surface area contributed by atoms with Crippen LogP contribution in [0.4, 0.5) is 0 Å². The molecule has 0 saturated heterocycles. The molecule has 1 aliphatic carbocycles. The van der Waals surface area contributed by atoms with Gasteiger partial charge in [0.05, 0.1) is 24.1 Å². The molecule has 3 rings (SSSR count). The summed E-state index contributed by atoms with van der Waals surface area (Å²) in [5.41, 5.74) is 4.75. The van der Waals surface area contributed by atoms with Gasteiger partial charge in [-0.2, -0.15) is 0 Å². The Kier molecular flexibility index (Phi) is 11.2. The van der Waals surface area contributed by atoms with Crippen LogP contribution < -0.4 is 0 Å². The molecule has 0 N–H and O–H groups in total. The summed E-state index contributed by atoms with van der Waals surface area (Å²) in [4.78, 5) is 0. The number of hydrogen-bond donors (Lipinski definition) is 0. The van der Waals surface area contributed by atoms with Crippen molar-refractivity contribution in [3.8, 4) is 11.1 Å². The number of unbranched alkanes of at least 4 members (excludes halogenated alkanes) is 4. The lowest BCUT2D eigenvalue weighted by molar-refractivity contribution is 0.199. The fraction of sp³-hybridized carbons (Fsp3) is 0.586. The Morgan fingerprint density at radius 2 is 1.26 bits per heavy atom. The van der Waals surface area contributed by atoms with Crippen LogP contribution in [-0.2, 0) is 29.2 Å².